The number of nitrogens with zero attached hydrogens (tertiary/aromatic N) is 2. The van der Waals surface area contributed by atoms with Gasteiger partial charge in [0.15, 0.2) is 0 Å². The maximum absolute atomic E-state index is 12.5. The molecule has 1 unspecified atom stereocenters. The van der Waals surface area contributed by atoms with Crippen molar-refractivity contribution in [3.63, 3.8) is 0 Å². The van der Waals surface area contributed by atoms with E-state index < -0.39 is 11.4 Å². The van der Waals surface area contributed by atoms with Gasteiger partial charge >= 0.3 is 5.97 Å². The average molecular weight is 404 g/mol. The summed E-state index contributed by atoms with van der Waals surface area (Å²) < 4.78 is 22.7. The van der Waals surface area contributed by atoms with Gasteiger partial charge in [-0.05, 0) is 72.1 Å². The van der Waals surface area contributed by atoms with Crippen LogP contribution in [0.5, 0.6) is 0 Å². The Morgan fingerprint density at radius 2 is 2.14 bits per heavy atom. The van der Waals surface area contributed by atoms with Crippen LogP contribution in [0.4, 0.5) is 0 Å². The molecular formula is C21H29N3O3S. The first-order chi connectivity index (χ1) is 13.2. The van der Waals surface area contributed by atoms with E-state index in [1.54, 1.807) is 6.07 Å². The largest absolute Gasteiger partial charge is 0.598 e. The molecule has 2 atom stereocenters. The highest BCUT2D eigenvalue weighted by atomic mass is 32.2. The lowest BCUT2D eigenvalue weighted by Crippen LogP contribution is -2.42. The van der Waals surface area contributed by atoms with Gasteiger partial charge < -0.3 is 9.29 Å². The van der Waals surface area contributed by atoms with Crippen LogP contribution in [0.1, 0.15) is 75.1 Å². The van der Waals surface area contributed by atoms with E-state index in [1.165, 1.54) is 0 Å². The second kappa shape index (κ2) is 8.27. The van der Waals surface area contributed by atoms with E-state index in [1.807, 2.05) is 63.7 Å². The second-order valence-electron chi connectivity index (χ2n) is 8.41. The molecule has 0 spiro atoms. The molecule has 1 N–H and O–H groups in total. The molecule has 0 saturated heterocycles. The van der Waals surface area contributed by atoms with Crippen molar-refractivity contribution >= 4 is 17.3 Å². The van der Waals surface area contributed by atoms with E-state index in [-0.39, 0.29) is 22.9 Å². The molecule has 1 aliphatic rings. The second-order valence-corrected chi connectivity index (χ2v) is 10.4. The quantitative estimate of drug-likeness (QED) is 0.606. The smallest absolute Gasteiger partial charge is 0.338 e. The summed E-state index contributed by atoms with van der Waals surface area (Å²) in [7, 11) is 0. The van der Waals surface area contributed by atoms with Crippen molar-refractivity contribution in [2.45, 2.75) is 70.8 Å². The van der Waals surface area contributed by atoms with Crippen LogP contribution in [-0.2, 0) is 22.5 Å². The van der Waals surface area contributed by atoms with E-state index >= 15 is 0 Å². The molecule has 1 aliphatic carbocycles. The fourth-order valence-corrected chi connectivity index (χ4v) is 4.11. The van der Waals surface area contributed by atoms with Crippen molar-refractivity contribution in [2.24, 2.45) is 0 Å². The highest BCUT2D eigenvalue weighted by molar-refractivity contribution is 7.90. The van der Waals surface area contributed by atoms with Gasteiger partial charge in [0, 0.05) is 22.6 Å². The molecule has 7 heteroatoms. The Morgan fingerprint density at radius 1 is 1.39 bits per heavy atom. The van der Waals surface area contributed by atoms with Crippen LogP contribution in [0, 0.1) is 0 Å². The lowest BCUT2D eigenvalue weighted by atomic mass is 9.93. The maximum atomic E-state index is 12.5. The number of nitrogens with one attached hydrogen (secondary N) is 1. The topological polar surface area (TPSA) is 79.2 Å². The van der Waals surface area contributed by atoms with Gasteiger partial charge in [0.25, 0.3) is 0 Å². The number of hydrogen-bond donors (Lipinski definition) is 1. The molecule has 152 valence electrons. The van der Waals surface area contributed by atoms with Gasteiger partial charge in [0.2, 0.25) is 0 Å². The van der Waals surface area contributed by atoms with Crippen molar-refractivity contribution in [1.29, 1.82) is 0 Å². The fraction of sp³-hybridized carbons (Fsp3) is 0.524. The van der Waals surface area contributed by atoms with Gasteiger partial charge in [-0.25, -0.2) is 9.48 Å². The summed E-state index contributed by atoms with van der Waals surface area (Å²) >= 11 is -1.14. The van der Waals surface area contributed by atoms with Crippen LogP contribution in [0.15, 0.2) is 30.5 Å². The highest BCUT2D eigenvalue weighted by Crippen LogP contribution is 2.33. The number of ether oxygens (including phenoxy) is 1. The van der Waals surface area contributed by atoms with Gasteiger partial charge in [-0.1, -0.05) is 6.07 Å². The van der Waals surface area contributed by atoms with Crippen LogP contribution >= 0.6 is 0 Å². The van der Waals surface area contributed by atoms with Crippen molar-refractivity contribution in [3.05, 3.63) is 47.3 Å². The molecule has 1 aromatic carbocycles. The van der Waals surface area contributed by atoms with Crippen LogP contribution in [0.3, 0.4) is 0 Å². The Hall–Kier alpha value is -1.83. The van der Waals surface area contributed by atoms with Gasteiger partial charge in [0.1, 0.15) is 4.75 Å². The number of esters is 1. The minimum absolute atomic E-state index is 0.0200. The van der Waals surface area contributed by atoms with Crippen molar-refractivity contribution in [2.75, 3.05) is 0 Å². The van der Waals surface area contributed by atoms with Gasteiger partial charge in [-0.3, -0.25) is 0 Å². The molecule has 1 aromatic heterocycles. The fourth-order valence-electron chi connectivity index (χ4n) is 3.25. The van der Waals surface area contributed by atoms with Crippen molar-refractivity contribution < 1.29 is 14.1 Å². The Balaban J connectivity index is 1.87. The summed E-state index contributed by atoms with van der Waals surface area (Å²) in [5, 5.41) is 4.57. The summed E-state index contributed by atoms with van der Waals surface area (Å²) in [6.45, 7) is 9.56. The van der Waals surface area contributed by atoms with E-state index in [4.69, 9.17) is 4.74 Å². The van der Waals surface area contributed by atoms with E-state index in [9.17, 15) is 9.35 Å². The predicted molar refractivity (Wildman–Crippen MR) is 111 cm³/mol. The van der Waals surface area contributed by atoms with E-state index in [0.717, 1.165) is 36.2 Å². The zero-order valence-corrected chi connectivity index (χ0v) is 18.0. The molecule has 0 aliphatic heterocycles. The van der Waals surface area contributed by atoms with Crippen LogP contribution in [0.2, 0.25) is 0 Å². The molecule has 1 heterocycles. The van der Waals surface area contributed by atoms with Gasteiger partial charge in [0.05, 0.1) is 29.6 Å². The zero-order chi connectivity index (χ0) is 20.5. The van der Waals surface area contributed by atoms with Crippen LogP contribution in [-0.4, -0.2) is 31.2 Å². The molecule has 0 bridgehead atoms. The molecule has 0 fully saturated rings. The number of hydrogen-bond acceptors (Lipinski definition) is 5. The summed E-state index contributed by atoms with van der Waals surface area (Å²) in [6.07, 6.45) is 4.51. The van der Waals surface area contributed by atoms with Crippen molar-refractivity contribution in [3.8, 4) is 5.69 Å². The molecule has 2 aromatic rings. The number of benzene rings is 1. The third kappa shape index (κ3) is 4.59. The predicted octanol–water partition coefficient (Wildman–Crippen LogP) is 3.87. The summed E-state index contributed by atoms with van der Waals surface area (Å²) in [4.78, 5) is 12.2. The number of aromatic nitrogens is 2. The lowest BCUT2D eigenvalue weighted by molar-refractivity contribution is 0.0378. The van der Waals surface area contributed by atoms with Crippen molar-refractivity contribution in [1.82, 2.24) is 14.5 Å². The number of carbonyl (C=O) groups excluding carboxylic acids is 1. The standard InChI is InChI=1S/C21H29N3O3S/c1-14(2)27-20(25)15-8-6-9-16(12-15)24-19-11-7-10-18(17(19)13-22-24)23-28(26)21(3,4)5/h6,8-9,12-14,18,23H,7,10-11H2,1-5H3/t18-,28?/m1/s1. The minimum atomic E-state index is -1.14. The molecule has 28 heavy (non-hydrogen) atoms. The van der Waals surface area contributed by atoms with Crippen LogP contribution in [0.25, 0.3) is 5.69 Å². The maximum Gasteiger partial charge on any atom is 0.338 e. The Kier molecular flexibility index (Phi) is 6.17. The summed E-state index contributed by atoms with van der Waals surface area (Å²) in [5.41, 5.74) is 3.52. The normalized spacial score (nSPS) is 18.0. The first-order valence-corrected chi connectivity index (χ1v) is 10.9. The first kappa shape index (κ1) is 20.9. The average Bonchev–Trinajstić information content (AvgIpc) is 3.05. The molecular weight excluding hydrogens is 374 g/mol. The SMILES string of the molecule is CC(C)OC(=O)c1cccc(-n2ncc3c2CCC[C@H]3N[S+]([O-])C(C)(C)C)c1. The minimum Gasteiger partial charge on any atom is -0.598 e. The van der Waals surface area contributed by atoms with E-state index in [0.29, 0.717) is 5.56 Å². The molecule has 6 nitrogen and oxygen atoms in total. The van der Waals surface area contributed by atoms with E-state index in [2.05, 4.69) is 9.82 Å². The summed E-state index contributed by atoms with van der Waals surface area (Å²) in [5.74, 6) is -0.335. The molecule has 0 saturated carbocycles. The number of rotatable bonds is 5. The third-order valence-electron chi connectivity index (χ3n) is 4.66. The number of carbonyl (C=O) groups is 1. The highest BCUT2D eigenvalue weighted by Gasteiger charge is 2.33. The first-order valence-electron chi connectivity index (χ1n) is 9.73. The van der Waals surface area contributed by atoms with Crippen LogP contribution < -0.4 is 4.72 Å². The molecule has 0 amide bonds. The molecule has 3 rings (SSSR count). The monoisotopic (exact) mass is 403 g/mol. The summed E-state index contributed by atoms with van der Waals surface area (Å²) in [6, 6.07) is 7.35. The molecule has 0 radical (unpaired) electrons. The Labute approximate surface area is 170 Å². The van der Waals surface area contributed by atoms with Gasteiger partial charge in [-0.2, -0.15) is 5.10 Å². The van der Waals surface area contributed by atoms with Gasteiger partial charge in [-0.15, -0.1) is 4.72 Å². The Morgan fingerprint density at radius 3 is 2.82 bits per heavy atom. The zero-order valence-electron chi connectivity index (χ0n) is 17.2. The Bertz CT molecular complexity index is 842. The lowest BCUT2D eigenvalue weighted by Gasteiger charge is -2.30. The number of fused-ring (bicyclic) bond motifs is 1. The third-order valence-corrected chi connectivity index (χ3v) is 6.27.